The summed E-state index contributed by atoms with van der Waals surface area (Å²) >= 11 is 0. The first-order chi connectivity index (χ1) is 7.11. The summed E-state index contributed by atoms with van der Waals surface area (Å²) in [5, 5.41) is 9.88. The van der Waals surface area contributed by atoms with E-state index in [1.807, 2.05) is 6.92 Å². The lowest BCUT2D eigenvalue weighted by atomic mass is 9.83. The molecule has 1 unspecified atom stereocenters. The van der Waals surface area contributed by atoms with Crippen LogP contribution in [0, 0.1) is 5.92 Å². The molecule has 1 rings (SSSR count). The van der Waals surface area contributed by atoms with Gasteiger partial charge in [-0.25, -0.2) is 0 Å². The molecule has 1 fully saturated rings. The minimum Gasteiger partial charge on any atom is -0.385 e. The first-order valence-electron chi connectivity index (χ1n) is 5.96. The van der Waals surface area contributed by atoms with Gasteiger partial charge >= 0.3 is 0 Å². The highest BCUT2D eigenvalue weighted by Crippen LogP contribution is 2.27. The smallest absolute Gasteiger partial charge is 0.161 e. The maximum Gasteiger partial charge on any atom is 0.161 e. The Kier molecular flexibility index (Phi) is 5.03. The number of rotatable bonds is 5. The summed E-state index contributed by atoms with van der Waals surface area (Å²) in [7, 11) is 0. The number of carbonyl (C=O) groups is 1. The molecule has 86 valence electrons. The van der Waals surface area contributed by atoms with Crippen LogP contribution in [0.3, 0.4) is 0 Å². The van der Waals surface area contributed by atoms with Crippen LogP contribution in [0.25, 0.3) is 0 Å². The Morgan fingerprint density at radius 3 is 2.47 bits per heavy atom. The summed E-state index contributed by atoms with van der Waals surface area (Å²) in [5.41, 5.74) is 1.01. The molecule has 0 aromatic heterocycles. The molecule has 2 heteroatoms. The Morgan fingerprint density at radius 1 is 1.33 bits per heavy atom. The fourth-order valence-electron chi connectivity index (χ4n) is 2.20. The molecule has 0 bridgehead atoms. The fraction of sp³-hybridized carbons (Fsp3) is 0.769. The second-order valence-corrected chi connectivity index (χ2v) is 4.77. The minimum atomic E-state index is -0.718. The Hall–Kier alpha value is -0.630. The van der Waals surface area contributed by atoms with Crippen molar-refractivity contribution in [3.8, 4) is 0 Å². The van der Waals surface area contributed by atoms with Gasteiger partial charge in [-0.1, -0.05) is 24.8 Å². The van der Waals surface area contributed by atoms with E-state index in [2.05, 4.69) is 6.58 Å². The third kappa shape index (κ3) is 4.17. The van der Waals surface area contributed by atoms with E-state index in [1.54, 1.807) is 0 Å². The number of hydrogen-bond acceptors (Lipinski definition) is 2. The number of hydrogen-bond donors (Lipinski definition) is 1. The molecule has 0 radical (unpaired) electrons. The van der Waals surface area contributed by atoms with Crippen LogP contribution in [0.15, 0.2) is 12.2 Å². The Morgan fingerprint density at radius 2 is 1.93 bits per heavy atom. The molecule has 1 N–H and O–H groups in total. The minimum absolute atomic E-state index is 0.00454. The fourth-order valence-corrected chi connectivity index (χ4v) is 2.20. The normalized spacial score (nSPS) is 19.9. The molecule has 0 aromatic carbocycles. The standard InChI is InChI=1S/C13H22O2/c1-10(2)8-9-12(14)13(15)11-6-4-3-5-7-11/h11,13,15H,1,3-9H2,2H3. The van der Waals surface area contributed by atoms with E-state index in [0.29, 0.717) is 12.8 Å². The molecule has 0 aromatic rings. The van der Waals surface area contributed by atoms with Gasteiger partial charge in [0.2, 0.25) is 0 Å². The van der Waals surface area contributed by atoms with Gasteiger partial charge in [-0.3, -0.25) is 4.79 Å². The van der Waals surface area contributed by atoms with Gasteiger partial charge in [0.05, 0.1) is 0 Å². The molecule has 0 amide bonds. The Labute approximate surface area is 92.4 Å². The van der Waals surface area contributed by atoms with Crippen molar-refractivity contribution in [2.24, 2.45) is 5.92 Å². The molecule has 0 heterocycles. The first-order valence-corrected chi connectivity index (χ1v) is 5.96. The number of Topliss-reactive ketones (excluding diaryl/α,β-unsaturated/α-hetero) is 1. The summed E-state index contributed by atoms with van der Waals surface area (Å²) in [6, 6.07) is 0. The SMILES string of the molecule is C=C(C)CCC(=O)C(O)C1CCCCC1. The molecular weight excluding hydrogens is 188 g/mol. The van der Waals surface area contributed by atoms with Gasteiger partial charge < -0.3 is 5.11 Å². The molecule has 1 atom stereocenters. The maximum atomic E-state index is 11.7. The van der Waals surface area contributed by atoms with Gasteiger partial charge in [-0.2, -0.15) is 0 Å². The van der Waals surface area contributed by atoms with E-state index < -0.39 is 6.10 Å². The second kappa shape index (κ2) is 6.06. The van der Waals surface area contributed by atoms with Gasteiger partial charge in [0.15, 0.2) is 5.78 Å². The van der Waals surface area contributed by atoms with Gasteiger partial charge in [0.25, 0.3) is 0 Å². The van der Waals surface area contributed by atoms with Crippen molar-refractivity contribution in [2.75, 3.05) is 0 Å². The molecule has 1 aliphatic carbocycles. The average molecular weight is 210 g/mol. The summed E-state index contributed by atoms with van der Waals surface area (Å²) in [6.45, 7) is 5.68. The highest BCUT2D eigenvalue weighted by Gasteiger charge is 2.26. The number of carbonyl (C=O) groups excluding carboxylic acids is 1. The van der Waals surface area contributed by atoms with Crippen LogP contribution < -0.4 is 0 Å². The van der Waals surface area contributed by atoms with E-state index in [0.717, 1.165) is 31.3 Å². The van der Waals surface area contributed by atoms with E-state index in [1.165, 1.54) is 6.42 Å². The Bertz CT molecular complexity index is 227. The van der Waals surface area contributed by atoms with Gasteiger partial charge in [-0.15, -0.1) is 6.58 Å². The van der Waals surface area contributed by atoms with Crippen LogP contribution in [0.5, 0.6) is 0 Å². The average Bonchev–Trinajstić information content (AvgIpc) is 2.26. The lowest BCUT2D eigenvalue weighted by molar-refractivity contribution is -0.130. The number of ketones is 1. The van der Waals surface area contributed by atoms with Crippen molar-refractivity contribution in [1.82, 2.24) is 0 Å². The van der Waals surface area contributed by atoms with E-state index >= 15 is 0 Å². The van der Waals surface area contributed by atoms with Crippen molar-refractivity contribution in [2.45, 2.75) is 58.0 Å². The molecule has 0 spiro atoms. The van der Waals surface area contributed by atoms with Crippen molar-refractivity contribution in [1.29, 1.82) is 0 Å². The number of aliphatic hydroxyl groups is 1. The van der Waals surface area contributed by atoms with Crippen molar-refractivity contribution < 1.29 is 9.90 Å². The molecule has 0 aliphatic heterocycles. The summed E-state index contributed by atoms with van der Waals surface area (Å²) in [5.74, 6) is 0.223. The highest BCUT2D eigenvalue weighted by atomic mass is 16.3. The molecular formula is C13H22O2. The van der Waals surface area contributed by atoms with Gasteiger partial charge in [-0.05, 0) is 32.1 Å². The molecule has 0 saturated heterocycles. The van der Waals surface area contributed by atoms with Crippen LogP contribution in [0.2, 0.25) is 0 Å². The quantitative estimate of drug-likeness (QED) is 0.708. The topological polar surface area (TPSA) is 37.3 Å². The van der Waals surface area contributed by atoms with Crippen LogP contribution >= 0.6 is 0 Å². The zero-order valence-corrected chi connectivity index (χ0v) is 9.67. The van der Waals surface area contributed by atoms with E-state index in [-0.39, 0.29) is 11.7 Å². The van der Waals surface area contributed by atoms with E-state index in [9.17, 15) is 9.90 Å². The Balaban J connectivity index is 2.33. The first kappa shape index (κ1) is 12.4. The zero-order chi connectivity index (χ0) is 11.3. The largest absolute Gasteiger partial charge is 0.385 e. The lowest BCUT2D eigenvalue weighted by Crippen LogP contribution is -2.30. The predicted octanol–water partition coefficient (Wildman–Crippen LogP) is 2.85. The summed E-state index contributed by atoms with van der Waals surface area (Å²) < 4.78 is 0. The molecule has 1 aliphatic rings. The van der Waals surface area contributed by atoms with Crippen LogP contribution in [-0.4, -0.2) is 17.0 Å². The lowest BCUT2D eigenvalue weighted by Gasteiger charge is -2.25. The third-order valence-corrected chi connectivity index (χ3v) is 3.22. The number of allylic oxidation sites excluding steroid dienone is 1. The van der Waals surface area contributed by atoms with Gasteiger partial charge in [0, 0.05) is 6.42 Å². The zero-order valence-electron chi connectivity index (χ0n) is 9.67. The second-order valence-electron chi connectivity index (χ2n) is 4.77. The highest BCUT2D eigenvalue weighted by molar-refractivity contribution is 5.83. The molecule has 15 heavy (non-hydrogen) atoms. The molecule has 2 nitrogen and oxygen atoms in total. The van der Waals surface area contributed by atoms with Crippen LogP contribution in [-0.2, 0) is 4.79 Å². The van der Waals surface area contributed by atoms with Crippen molar-refractivity contribution in [3.05, 3.63) is 12.2 Å². The molecule has 1 saturated carbocycles. The van der Waals surface area contributed by atoms with Gasteiger partial charge in [0.1, 0.15) is 6.10 Å². The third-order valence-electron chi connectivity index (χ3n) is 3.22. The predicted molar refractivity (Wildman–Crippen MR) is 61.6 cm³/mol. The summed E-state index contributed by atoms with van der Waals surface area (Å²) in [4.78, 5) is 11.7. The van der Waals surface area contributed by atoms with Crippen molar-refractivity contribution in [3.63, 3.8) is 0 Å². The van der Waals surface area contributed by atoms with Crippen LogP contribution in [0.1, 0.15) is 51.9 Å². The number of aliphatic hydroxyl groups excluding tert-OH is 1. The monoisotopic (exact) mass is 210 g/mol. The van der Waals surface area contributed by atoms with Crippen molar-refractivity contribution >= 4 is 5.78 Å². The van der Waals surface area contributed by atoms with Crippen LogP contribution in [0.4, 0.5) is 0 Å². The van der Waals surface area contributed by atoms with E-state index in [4.69, 9.17) is 0 Å². The maximum absolute atomic E-state index is 11.7. The summed E-state index contributed by atoms with van der Waals surface area (Å²) in [6.07, 6.45) is 6.05.